The third kappa shape index (κ3) is 3.08. The molecule has 0 amide bonds. The van der Waals surface area contributed by atoms with Gasteiger partial charge in [-0.25, -0.2) is 0 Å². The molecule has 2 rings (SSSR count). The number of nitrogens with zero attached hydrogens (tertiary/aromatic N) is 2. The average molecular weight is 299 g/mol. The summed E-state index contributed by atoms with van der Waals surface area (Å²) in [5.74, 6) is -0.274. The number of hydrogen-bond donors (Lipinski definition) is 0. The Labute approximate surface area is 121 Å². The van der Waals surface area contributed by atoms with Gasteiger partial charge in [-0.2, -0.15) is 0 Å². The number of nitro benzene ring substituents is 1. The van der Waals surface area contributed by atoms with Crippen LogP contribution in [0.15, 0.2) is 18.2 Å². The van der Waals surface area contributed by atoms with Gasteiger partial charge in [0.25, 0.3) is 5.69 Å². The highest BCUT2D eigenvalue weighted by Gasteiger charge is 2.31. The van der Waals surface area contributed by atoms with Crippen LogP contribution >= 0.6 is 11.6 Å². The van der Waals surface area contributed by atoms with E-state index < -0.39 is 4.92 Å². The van der Waals surface area contributed by atoms with Crippen LogP contribution in [0.2, 0.25) is 5.02 Å². The minimum atomic E-state index is -0.457. The molecule has 1 saturated heterocycles. The summed E-state index contributed by atoms with van der Waals surface area (Å²) in [6, 6.07) is 4.04. The van der Waals surface area contributed by atoms with Crippen LogP contribution in [0, 0.1) is 10.1 Å². The van der Waals surface area contributed by atoms with E-state index in [4.69, 9.17) is 16.3 Å². The van der Waals surface area contributed by atoms with Gasteiger partial charge in [-0.3, -0.25) is 19.8 Å². The first-order chi connectivity index (χ1) is 9.52. The summed E-state index contributed by atoms with van der Waals surface area (Å²) in [7, 11) is 1.36. The lowest BCUT2D eigenvalue weighted by atomic mass is 10.1. The van der Waals surface area contributed by atoms with Crippen molar-refractivity contribution in [3.8, 4) is 0 Å². The molecule has 1 heterocycles. The Hall–Kier alpha value is -1.66. The van der Waals surface area contributed by atoms with Gasteiger partial charge in [0.15, 0.2) is 0 Å². The fraction of sp³-hybridized carbons (Fsp3) is 0.462. The maximum absolute atomic E-state index is 11.7. The van der Waals surface area contributed by atoms with Gasteiger partial charge in [-0.15, -0.1) is 0 Å². The topological polar surface area (TPSA) is 72.7 Å². The number of likely N-dealkylation sites (tertiary alicyclic amines) is 1. The zero-order valence-corrected chi connectivity index (χ0v) is 11.8. The van der Waals surface area contributed by atoms with Crippen LogP contribution in [0.4, 0.5) is 5.69 Å². The molecule has 1 aromatic carbocycles. The molecule has 1 aromatic rings. The van der Waals surface area contributed by atoms with E-state index in [1.807, 2.05) is 4.90 Å². The lowest BCUT2D eigenvalue weighted by Crippen LogP contribution is -2.36. The second-order valence-electron chi connectivity index (χ2n) is 4.68. The highest BCUT2D eigenvalue weighted by molar-refractivity contribution is 6.31. The van der Waals surface area contributed by atoms with Gasteiger partial charge in [-0.05, 0) is 31.0 Å². The van der Waals surface area contributed by atoms with E-state index in [0.29, 0.717) is 17.1 Å². The Kier molecular flexibility index (Phi) is 4.57. The minimum absolute atomic E-state index is 0.00165. The molecule has 20 heavy (non-hydrogen) atoms. The molecular formula is C13H15ClN2O4. The van der Waals surface area contributed by atoms with Crippen LogP contribution in [0.5, 0.6) is 0 Å². The Morgan fingerprint density at radius 3 is 3.00 bits per heavy atom. The molecule has 0 N–H and O–H groups in total. The zero-order valence-electron chi connectivity index (χ0n) is 11.0. The Morgan fingerprint density at radius 2 is 2.35 bits per heavy atom. The number of non-ortho nitro benzene ring substituents is 1. The normalized spacial score (nSPS) is 19.0. The minimum Gasteiger partial charge on any atom is -0.468 e. The van der Waals surface area contributed by atoms with Gasteiger partial charge >= 0.3 is 5.97 Å². The van der Waals surface area contributed by atoms with Crippen molar-refractivity contribution in [1.29, 1.82) is 0 Å². The van der Waals surface area contributed by atoms with E-state index in [2.05, 4.69) is 0 Å². The fourth-order valence-corrected chi connectivity index (χ4v) is 2.61. The van der Waals surface area contributed by atoms with Gasteiger partial charge in [0.05, 0.1) is 12.0 Å². The Bertz CT molecular complexity index is 535. The van der Waals surface area contributed by atoms with Crippen molar-refractivity contribution >= 4 is 23.3 Å². The van der Waals surface area contributed by atoms with Crippen molar-refractivity contribution in [2.24, 2.45) is 0 Å². The van der Waals surface area contributed by atoms with Crippen molar-refractivity contribution in [3.05, 3.63) is 38.9 Å². The molecule has 1 aliphatic heterocycles. The molecule has 0 radical (unpaired) electrons. The summed E-state index contributed by atoms with van der Waals surface area (Å²) >= 11 is 6.08. The highest BCUT2D eigenvalue weighted by Crippen LogP contribution is 2.27. The average Bonchev–Trinajstić information content (AvgIpc) is 2.88. The molecule has 0 aromatic heterocycles. The Balaban J connectivity index is 2.18. The molecule has 7 heteroatoms. The van der Waals surface area contributed by atoms with Crippen LogP contribution in [0.1, 0.15) is 18.4 Å². The largest absolute Gasteiger partial charge is 0.468 e. The van der Waals surface area contributed by atoms with Gasteiger partial charge in [0.1, 0.15) is 6.04 Å². The van der Waals surface area contributed by atoms with E-state index in [0.717, 1.165) is 19.4 Å². The van der Waals surface area contributed by atoms with Crippen molar-refractivity contribution in [1.82, 2.24) is 4.90 Å². The smallest absolute Gasteiger partial charge is 0.323 e. The highest BCUT2D eigenvalue weighted by atomic mass is 35.5. The SMILES string of the molecule is COC(=O)C1CCCN1Cc1cc([N+](=O)[O-])ccc1Cl. The van der Waals surface area contributed by atoms with E-state index in [1.54, 1.807) is 0 Å². The number of carbonyl (C=O) groups is 1. The molecule has 108 valence electrons. The number of ether oxygens (including phenoxy) is 1. The number of halogens is 1. The number of rotatable bonds is 4. The lowest BCUT2D eigenvalue weighted by Gasteiger charge is -2.22. The number of methoxy groups -OCH3 is 1. The third-order valence-corrected chi connectivity index (χ3v) is 3.82. The van der Waals surface area contributed by atoms with Crippen molar-refractivity contribution in [3.63, 3.8) is 0 Å². The summed E-state index contributed by atoms with van der Waals surface area (Å²) in [5, 5.41) is 11.3. The standard InChI is InChI=1S/C13H15ClN2O4/c1-20-13(17)12-3-2-6-15(12)8-9-7-10(16(18)19)4-5-11(9)14/h4-5,7,12H,2-3,6,8H2,1H3. The molecule has 0 bridgehead atoms. The summed E-state index contributed by atoms with van der Waals surface area (Å²) in [4.78, 5) is 23.9. The molecular weight excluding hydrogens is 284 g/mol. The summed E-state index contributed by atoms with van der Waals surface area (Å²) in [5.41, 5.74) is 0.648. The maximum atomic E-state index is 11.7. The fourth-order valence-electron chi connectivity index (χ4n) is 2.43. The van der Waals surface area contributed by atoms with Gasteiger partial charge in [0.2, 0.25) is 0 Å². The van der Waals surface area contributed by atoms with E-state index in [9.17, 15) is 14.9 Å². The quantitative estimate of drug-likeness (QED) is 0.485. The molecule has 1 aliphatic rings. The summed E-state index contributed by atoms with van der Waals surface area (Å²) in [6.45, 7) is 1.15. The molecule has 0 aliphatic carbocycles. The lowest BCUT2D eigenvalue weighted by molar-refractivity contribution is -0.384. The van der Waals surface area contributed by atoms with Crippen molar-refractivity contribution < 1.29 is 14.5 Å². The number of carbonyl (C=O) groups excluding carboxylic acids is 1. The van der Waals surface area contributed by atoms with E-state index >= 15 is 0 Å². The van der Waals surface area contributed by atoms with Crippen LogP contribution < -0.4 is 0 Å². The molecule has 0 spiro atoms. The number of esters is 1. The number of nitro groups is 1. The second-order valence-corrected chi connectivity index (χ2v) is 5.09. The van der Waals surface area contributed by atoms with Crippen LogP contribution in [0.25, 0.3) is 0 Å². The monoisotopic (exact) mass is 298 g/mol. The first-order valence-electron chi connectivity index (χ1n) is 6.27. The molecule has 1 unspecified atom stereocenters. The number of benzene rings is 1. The molecule has 1 fully saturated rings. The Morgan fingerprint density at radius 1 is 1.60 bits per heavy atom. The number of hydrogen-bond acceptors (Lipinski definition) is 5. The maximum Gasteiger partial charge on any atom is 0.323 e. The van der Waals surface area contributed by atoms with Crippen LogP contribution in [-0.2, 0) is 16.1 Å². The molecule has 6 nitrogen and oxygen atoms in total. The van der Waals surface area contributed by atoms with Gasteiger partial charge < -0.3 is 4.74 Å². The molecule has 0 saturated carbocycles. The first-order valence-corrected chi connectivity index (χ1v) is 6.65. The van der Waals surface area contributed by atoms with Crippen LogP contribution in [0.3, 0.4) is 0 Å². The zero-order chi connectivity index (χ0) is 14.7. The van der Waals surface area contributed by atoms with Crippen molar-refractivity contribution in [2.75, 3.05) is 13.7 Å². The van der Waals surface area contributed by atoms with Crippen molar-refractivity contribution in [2.45, 2.75) is 25.4 Å². The van der Waals surface area contributed by atoms with E-state index in [1.165, 1.54) is 25.3 Å². The predicted octanol–water partition coefficient (Wildman–Crippen LogP) is 2.39. The summed E-state index contributed by atoms with van der Waals surface area (Å²) in [6.07, 6.45) is 1.63. The first kappa shape index (κ1) is 14.7. The third-order valence-electron chi connectivity index (χ3n) is 3.45. The predicted molar refractivity (Wildman–Crippen MR) is 73.6 cm³/mol. The van der Waals surface area contributed by atoms with Gasteiger partial charge in [0, 0.05) is 23.7 Å². The van der Waals surface area contributed by atoms with E-state index in [-0.39, 0.29) is 17.7 Å². The summed E-state index contributed by atoms with van der Waals surface area (Å²) < 4.78 is 4.77. The van der Waals surface area contributed by atoms with Crippen LogP contribution in [-0.4, -0.2) is 35.5 Å². The van der Waals surface area contributed by atoms with Gasteiger partial charge in [-0.1, -0.05) is 11.6 Å². The second kappa shape index (κ2) is 6.19. The molecule has 1 atom stereocenters.